The van der Waals surface area contributed by atoms with E-state index >= 15 is 0 Å². The summed E-state index contributed by atoms with van der Waals surface area (Å²) in [6.07, 6.45) is 6.12. The molecule has 0 saturated carbocycles. The molecule has 0 spiro atoms. The van der Waals surface area contributed by atoms with Crippen molar-refractivity contribution >= 4 is 17.4 Å². The normalized spacial score (nSPS) is 10.6. The zero-order valence-electron chi connectivity index (χ0n) is 17.7. The van der Waals surface area contributed by atoms with Crippen LogP contribution < -0.4 is 4.90 Å². The van der Waals surface area contributed by atoms with E-state index in [0.717, 1.165) is 40.9 Å². The van der Waals surface area contributed by atoms with Gasteiger partial charge in [0.15, 0.2) is 5.78 Å². The van der Waals surface area contributed by atoms with Gasteiger partial charge in [-0.1, -0.05) is 56.3 Å². The molecule has 0 aliphatic rings. The Morgan fingerprint density at radius 3 is 2.13 bits per heavy atom. The number of nitrogens with zero attached hydrogens (tertiary/aromatic N) is 2. The number of rotatable bonds is 9. The Balaban J connectivity index is 1.66. The van der Waals surface area contributed by atoms with Crippen molar-refractivity contribution < 1.29 is 9.59 Å². The first-order valence-electron chi connectivity index (χ1n) is 10.5. The van der Waals surface area contributed by atoms with Crippen LogP contribution in [-0.2, 0) is 11.2 Å². The van der Waals surface area contributed by atoms with Gasteiger partial charge in [0.25, 0.3) is 0 Å². The Labute approximate surface area is 178 Å². The summed E-state index contributed by atoms with van der Waals surface area (Å²) in [4.78, 5) is 30.6. The third kappa shape index (κ3) is 5.41. The summed E-state index contributed by atoms with van der Waals surface area (Å²) in [5.41, 5.74) is 4.83. The Morgan fingerprint density at radius 2 is 1.57 bits per heavy atom. The van der Waals surface area contributed by atoms with Crippen LogP contribution in [0.1, 0.15) is 49.0 Å². The van der Waals surface area contributed by atoms with Crippen molar-refractivity contribution in [1.29, 1.82) is 0 Å². The number of hydrogen-bond acceptors (Lipinski definition) is 3. The van der Waals surface area contributed by atoms with Gasteiger partial charge in [0.2, 0.25) is 5.91 Å². The number of hydrogen-bond donors (Lipinski definition) is 0. The van der Waals surface area contributed by atoms with Crippen molar-refractivity contribution in [3.05, 3.63) is 84.2 Å². The van der Waals surface area contributed by atoms with Crippen molar-refractivity contribution in [2.45, 2.75) is 39.5 Å². The third-order valence-corrected chi connectivity index (χ3v) is 5.13. The fourth-order valence-corrected chi connectivity index (χ4v) is 3.44. The minimum atomic E-state index is 0.133. The van der Waals surface area contributed by atoms with E-state index < -0.39 is 0 Å². The summed E-state index contributed by atoms with van der Waals surface area (Å²) in [7, 11) is 0. The molecule has 0 aliphatic heterocycles. The second kappa shape index (κ2) is 10.5. The van der Waals surface area contributed by atoms with Crippen molar-refractivity contribution in [3.8, 4) is 11.1 Å². The second-order valence-electron chi connectivity index (χ2n) is 7.31. The molecule has 4 heteroatoms. The van der Waals surface area contributed by atoms with Crippen LogP contribution >= 0.6 is 0 Å². The standard InChI is InChI=1S/C26H28N2O2/c1-3-18-28(26(30)4-2)24-14-12-22(13-15-24)21-8-10-23(11-9-21)25(29)16-7-20-6-5-17-27-19-20/h5-6,8-15,17,19H,3-4,7,16,18H2,1-2H3. The lowest BCUT2D eigenvalue weighted by molar-refractivity contribution is -0.118. The van der Waals surface area contributed by atoms with Crippen LogP contribution in [-0.4, -0.2) is 23.2 Å². The Morgan fingerprint density at radius 1 is 0.900 bits per heavy atom. The van der Waals surface area contributed by atoms with Crippen LogP contribution in [0.4, 0.5) is 5.69 Å². The van der Waals surface area contributed by atoms with Gasteiger partial charge in [0, 0.05) is 43.0 Å². The molecular formula is C26H28N2O2. The SMILES string of the molecule is CCCN(C(=O)CC)c1ccc(-c2ccc(C(=O)CCc3cccnc3)cc2)cc1. The molecule has 3 rings (SSSR count). The van der Waals surface area contributed by atoms with Crippen LogP contribution in [0, 0.1) is 0 Å². The molecule has 1 aromatic heterocycles. The topological polar surface area (TPSA) is 50.3 Å². The van der Waals surface area contributed by atoms with Gasteiger partial charge in [-0.25, -0.2) is 0 Å². The van der Waals surface area contributed by atoms with E-state index in [0.29, 0.717) is 19.3 Å². The number of ketones is 1. The second-order valence-corrected chi connectivity index (χ2v) is 7.31. The Kier molecular flexibility index (Phi) is 7.50. The van der Waals surface area contributed by atoms with Crippen molar-refractivity contribution in [3.63, 3.8) is 0 Å². The summed E-state index contributed by atoms with van der Waals surface area (Å²) in [6.45, 7) is 4.69. The first kappa shape index (κ1) is 21.4. The first-order chi connectivity index (χ1) is 14.6. The molecule has 154 valence electrons. The number of amides is 1. The van der Waals surface area contributed by atoms with Gasteiger partial charge < -0.3 is 4.90 Å². The number of carbonyl (C=O) groups excluding carboxylic acids is 2. The summed E-state index contributed by atoms with van der Waals surface area (Å²) in [5, 5.41) is 0. The van der Waals surface area contributed by atoms with Gasteiger partial charge in [-0.3, -0.25) is 14.6 Å². The zero-order valence-corrected chi connectivity index (χ0v) is 17.7. The van der Waals surface area contributed by atoms with E-state index in [9.17, 15) is 9.59 Å². The summed E-state index contributed by atoms with van der Waals surface area (Å²) in [6, 6.07) is 19.7. The van der Waals surface area contributed by atoms with E-state index in [1.54, 1.807) is 12.4 Å². The highest BCUT2D eigenvalue weighted by molar-refractivity contribution is 5.96. The van der Waals surface area contributed by atoms with E-state index in [1.165, 1.54) is 0 Å². The number of pyridine rings is 1. The molecule has 0 unspecified atom stereocenters. The predicted molar refractivity (Wildman–Crippen MR) is 122 cm³/mol. The molecule has 4 nitrogen and oxygen atoms in total. The molecule has 1 heterocycles. The van der Waals surface area contributed by atoms with Gasteiger partial charge in [0.05, 0.1) is 0 Å². The van der Waals surface area contributed by atoms with Crippen LogP contribution in [0.25, 0.3) is 11.1 Å². The molecule has 0 aliphatic carbocycles. The monoisotopic (exact) mass is 400 g/mol. The van der Waals surface area contributed by atoms with E-state index in [2.05, 4.69) is 11.9 Å². The minimum absolute atomic E-state index is 0.133. The Hall–Kier alpha value is -3.27. The summed E-state index contributed by atoms with van der Waals surface area (Å²) in [5.74, 6) is 0.271. The average molecular weight is 401 g/mol. The van der Waals surface area contributed by atoms with E-state index in [-0.39, 0.29) is 11.7 Å². The fourth-order valence-electron chi connectivity index (χ4n) is 3.44. The molecule has 2 aromatic carbocycles. The maximum Gasteiger partial charge on any atom is 0.226 e. The maximum absolute atomic E-state index is 12.5. The molecule has 3 aromatic rings. The highest BCUT2D eigenvalue weighted by atomic mass is 16.2. The first-order valence-corrected chi connectivity index (χ1v) is 10.5. The number of aromatic nitrogens is 1. The molecule has 0 atom stereocenters. The van der Waals surface area contributed by atoms with Crippen molar-refractivity contribution in [2.75, 3.05) is 11.4 Å². The molecular weight excluding hydrogens is 372 g/mol. The largest absolute Gasteiger partial charge is 0.312 e. The molecule has 1 amide bonds. The van der Waals surface area contributed by atoms with Crippen molar-refractivity contribution in [1.82, 2.24) is 4.98 Å². The van der Waals surface area contributed by atoms with Crippen LogP contribution in [0.15, 0.2) is 73.1 Å². The molecule has 0 N–H and O–H groups in total. The van der Waals surface area contributed by atoms with Gasteiger partial charge in [-0.05, 0) is 47.7 Å². The lowest BCUT2D eigenvalue weighted by atomic mass is 9.99. The lowest BCUT2D eigenvalue weighted by Gasteiger charge is -2.22. The minimum Gasteiger partial charge on any atom is -0.312 e. The number of carbonyl (C=O) groups is 2. The van der Waals surface area contributed by atoms with Crippen molar-refractivity contribution in [2.24, 2.45) is 0 Å². The molecule has 0 radical (unpaired) electrons. The van der Waals surface area contributed by atoms with Gasteiger partial charge >= 0.3 is 0 Å². The van der Waals surface area contributed by atoms with Crippen LogP contribution in [0.2, 0.25) is 0 Å². The number of Topliss-reactive ketones (excluding diaryl/α,β-unsaturated/α-hetero) is 1. The number of aryl methyl sites for hydroxylation is 1. The van der Waals surface area contributed by atoms with Gasteiger partial charge in [-0.15, -0.1) is 0 Å². The van der Waals surface area contributed by atoms with Gasteiger partial charge in [-0.2, -0.15) is 0 Å². The third-order valence-electron chi connectivity index (χ3n) is 5.13. The van der Waals surface area contributed by atoms with Crippen LogP contribution in [0.3, 0.4) is 0 Å². The van der Waals surface area contributed by atoms with E-state index in [4.69, 9.17) is 0 Å². The quantitative estimate of drug-likeness (QED) is 0.432. The smallest absolute Gasteiger partial charge is 0.226 e. The summed E-state index contributed by atoms with van der Waals surface area (Å²) >= 11 is 0. The van der Waals surface area contributed by atoms with Gasteiger partial charge in [0.1, 0.15) is 0 Å². The van der Waals surface area contributed by atoms with E-state index in [1.807, 2.05) is 72.5 Å². The lowest BCUT2D eigenvalue weighted by Crippen LogP contribution is -2.30. The number of benzene rings is 2. The summed E-state index contributed by atoms with van der Waals surface area (Å²) < 4.78 is 0. The predicted octanol–water partition coefficient (Wildman–Crippen LogP) is 5.72. The molecule has 0 bridgehead atoms. The fraction of sp³-hybridized carbons (Fsp3) is 0.269. The molecule has 0 saturated heterocycles. The molecule has 30 heavy (non-hydrogen) atoms. The molecule has 0 fully saturated rings. The number of anilines is 1. The van der Waals surface area contributed by atoms with Crippen LogP contribution in [0.5, 0.6) is 0 Å². The Bertz CT molecular complexity index is 964. The maximum atomic E-state index is 12.5. The highest BCUT2D eigenvalue weighted by Gasteiger charge is 2.13. The average Bonchev–Trinajstić information content (AvgIpc) is 2.81. The zero-order chi connectivity index (χ0) is 21.3. The highest BCUT2D eigenvalue weighted by Crippen LogP contribution is 2.24.